The van der Waals surface area contributed by atoms with Crippen LogP contribution in [0.2, 0.25) is 0 Å². The van der Waals surface area contributed by atoms with Crippen molar-refractivity contribution in [1.29, 1.82) is 0 Å². The van der Waals surface area contributed by atoms with Gasteiger partial charge >= 0.3 is 0 Å². The van der Waals surface area contributed by atoms with Crippen LogP contribution in [-0.2, 0) is 0 Å². The Labute approximate surface area is 95.4 Å². The smallest absolute Gasteiger partial charge is 0.177 e. The first-order valence-corrected chi connectivity index (χ1v) is 5.23. The quantitative estimate of drug-likeness (QED) is 0.487. The monoisotopic (exact) mass is 310 g/mol. The summed E-state index contributed by atoms with van der Waals surface area (Å²) in [5, 5.41) is 0. The van der Waals surface area contributed by atoms with Gasteiger partial charge in [0.05, 0.1) is 16.6 Å². The Kier molecular flexibility index (Phi) is 3.99. The lowest BCUT2D eigenvalue weighted by molar-refractivity contribution is 0.102. The Morgan fingerprint density at radius 3 is 2.77 bits per heavy atom. The number of ether oxygens (including phenoxy) is 1. The van der Waals surface area contributed by atoms with Crippen LogP contribution in [0.25, 0.3) is 0 Å². The summed E-state index contributed by atoms with van der Waals surface area (Å²) in [6.45, 7) is 0. The van der Waals surface area contributed by atoms with Crippen LogP contribution in [-0.4, -0.2) is 18.8 Å². The highest BCUT2D eigenvalue weighted by atomic mass is 127. The number of hydrogen-bond donors (Lipinski definition) is 0. The summed E-state index contributed by atoms with van der Waals surface area (Å²) in [4.78, 5) is 11.2. The lowest BCUT2D eigenvalue weighted by Gasteiger charge is -2.04. The van der Waals surface area contributed by atoms with Gasteiger partial charge in [-0.05, 0) is 40.8 Å². The molecule has 0 saturated carbocycles. The van der Waals surface area contributed by atoms with Crippen LogP contribution < -0.4 is 4.74 Å². The molecule has 0 heterocycles. The molecule has 70 valence electrons. The zero-order valence-electron chi connectivity index (χ0n) is 7.01. The largest absolute Gasteiger partial charge is 0.496 e. The summed E-state index contributed by atoms with van der Waals surface area (Å²) in [6.07, 6.45) is 0. The van der Waals surface area contributed by atoms with Crippen LogP contribution in [0.3, 0.4) is 0 Å². The molecule has 13 heavy (non-hydrogen) atoms. The number of carbonyl (C=O) groups excluding carboxylic acids is 1. The molecular formula is C9H8ClIO2. The van der Waals surface area contributed by atoms with Crippen molar-refractivity contribution in [3.63, 3.8) is 0 Å². The number of carbonyl (C=O) groups is 1. The van der Waals surface area contributed by atoms with Crippen molar-refractivity contribution in [2.75, 3.05) is 13.0 Å². The van der Waals surface area contributed by atoms with E-state index in [1.54, 1.807) is 25.3 Å². The van der Waals surface area contributed by atoms with Crippen molar-refractivity contribution in [1.82, 2.24) is 0 Å². The maximum absolute atomic E-state index is 11.2. The number of benzene rings is 1. The fourth-order valence-electron chi connectivity index (χ4n) is 0.917. The van der Waals surface area contributed by atoms with Crippen molar-refractivity contribution in [2.45, 2.75) is 0 Å². The molecule has 0 bridgehead atoms. The molecule has 4 heteroatoms. The Morgan fingerprint density at radius 1 is 1.62 bits per heavy atom. The second kappa shape index (κ2) is 4.81. The van der Waals surface area contributed by atoms with Crippen LogP contribution in [0, 0.1) is 3.57 Å². The lowest BCUT2D eigenvalue weighted by atomic mass is 10.1. The topological polar surface area (TPSA) is 26.3 Å². The average Bonchev–Trinajstić information content (AvgIpc) is 2.16. The normalized spacial score (nSPS) is 9.77. The van der Waals surface area contributed by atoms with E-state index in [2.05, 4.69) is 22.6 Å². The average molecular weight is 311 g/mol. The highest BCUT2D eigenvalue weighted by Gasteiger charge is 2.06. The van der Waals surface area contributed by atoms with Gasteiger partial charge in [0, 0.05) is 5.56 Å². The molecule has 0 aliphatic rings. The van der Waals surface area contributed by atoms with E-state index in [1.807, 2.05) is 0 Å². The molecule has 0 unspecified atom stereocenters. The van der Waals surface area contributed by atoms with Gasteiger partial charge in [0.1, 0.15) is 5.75 Å². The van der Waals surface area contributed by atoms with Gasteiger partial charge in [0.25, 0.3) is 0 Å². The van der Waals surface area contributed by atoms with Crippen LogP contribution >= 0.6 is 34.2 Å². The van der Waals surface area contributed by atoms with Gasteiger partial charge < -0.3 is 4.74 Å². The van der Waals surface area contributed by atoms with Crippen LogP contribution in [0.5, 0.6) is 5.75 Å². The Bertz CT molecular complexity index is 325. The summed E-state index contributed by atoms with van der Waals surface area (Å²) < 4.78 is 5.97. The minimum atomic E-state index is -0.0674. The maximum atomic E-state index is 11.2. The summed E-state index contributed by atoms with van der Waals surface area (Å²) in [6, 6.07) is 5.25. The number of rotatable bonds is 3. The second-order valence-electron chi connectivity index (χ2n) is 2.41. The van der Waals surface area contributed by atoms with Gasteiger partial charge in [-0.1, -0.05) is 0 Å². The fraction of sp³-hybridized carbons (Fsp3) is 0.222. The third kappa shape index (κ3) is 2.57. The third-order valence-corrected chi connectivity index (χ3v) is 2.68. The van der Waals surface area contributed by atoms with Gasteiger partial charge in [0.2, 0.25) is 0 Å². The Hall–Kier alpha value is -0.290. The van der Waals surface area contributed by atoms with E-state index >= 15 is 0 Å². The predicted molar refractivity (Wildman–Crippen MR) is 60.8 cm³/mol. The number of halogens is 2. The third-order valence-electron chi connectivity index (χ3n) is 1.60. The SMILES string of the molecule is COc1ccc(C(=O)CCl)cc1I. The fourth-order valence-corrected chi connectivity index (χ4v) is 1.81. The number of alkyl halides is 1. The van der Waals surface area contributed by atoms with Crippen LogP contribution in [0.4, 0.5) is 0 Å². The van der Waals surface area contributed by atoms with E-state index in [1.165, 1.54) is 0 Å². The summed E-state index contributed by atoms with van der Waals surface area (Å²) >= 11 is 7.54. The first-order valence-electron chi connectivity index (χ1n) is 3.61. The molecule has 0 aliphatic heterocycles. The van der Waals surface area contributed by atoms with Crippen LogP contribution in [0.1, 0.15) is 10.4 Å². The van der Waals surface area contributed by atoms with Gasteiger partial charge in [-0.25, -0.2) is 0 Å². The zero-order chi connectivity index (χ0) is 9.84. The van der Waals surface area contributed by atoms with Crippen molar-refractivity contribution in [3.05, 3.63) is 27.3 Å². The molecule has 1 aromatic rings. The molecular weight excluding hydrogens is 302 g/mol. The van der Waals surface area contributed by atoms with Crippen molar-refractivity contribution in [3.8, 4) is 5.75 Å². The second-order valence-corrected chi connectivity index (χ2v) is 3.84. The van der Waals surface area contributed by atoms with E-state index in [9.17, 15) is 4.79 Å². The molecule has 0 N–H and O–H groups in total. The maximum Gasteiger partial charge on any atom is 0.177 e. The zero-order valence-corrected chi connectivity index (χ0v) is 9.93. The first kappa shape index (κ1) is 10.8. The number of ketones is 1. The lowest BCUT2D eigenvalue weighted by Crippen LogP contribution is -2.00. The summed E-state index contributed by atoms with van der Waals surface area (Å²) in [5.74, 6) is 0.719. The highest BCUT2D eigenvalue weighted by Crippen LogP contribution is 2.21. The van der Waals surface area contributed by atoms with E-state index < -0.39 is 0 Å². The van der Waals surface area contributed by atoms with E-state index in [-0.39, 0.29) is 11.7 Å². The Morgan fingerprint density at radius 2 is 2.31 bits per heavy atom. The standard InChI is InChI=1S/C9H8ClIO2/c1-13-9-3-2-6(4-7(9)11)8(12)5-10/h2-4H,5H2,1H3. The molecule has 0 fully saturated rings. The molecule has 1 aromatic carbocycles. The molecule has 0 atom stereocenters. The molecule has 0 radical (unpaired) electrons. The molecule has 0 aliphatic carbocycles. The predicted octanol–water partition coefficient (Wildman–Crippen LogP) is 2.72. The first-order chi connectivity index (χ1) is 6.19. The number of hydrogen-bond acceptors (Lipinski definition) is 2. The van der Waals surface area contributed by atoms with Crippen LogP contribution in [0.15, 0.2) is 18.2 Å². The van der Waals surface area contributed by atoms with Gasteiger partial charge in [-0.3, -0.25) is 4.79 Å². The minimum absolute atomic E-state index is 0.0163. The van der Waals surface area contributed by atoms with E-state index in [0.717, 1.165) is 9.32 Å². The van der Waals surface area contributed by atoms with Crippen molar-refractivity contribution >= 4 is 40.0 Å². The summed E-state index contributed by atoms with van der Waals surface area (Å²) in [5.41, 5.74) is 0.625. The summed E-state index contributed by atoms with van der Waals surface area (Å²) in [7, 11) is 1.60. The van der Waals surface area contributed by atoms with Crippen molar-refractivity contribution in [2.24, 2.45) is 0 Å². The molecule has 0 saturated heterocycles. The molecule has 1 rings (SSSR count). The van der Waals surface area contributed by atoms with Gasteiger partial charge in [-0.2, -0.15) is 0 Å². The minimum Gasteiger partial charge on any atom is -0.496 e. The number of methoxy groups -OCH3 is 1. The Balaban J connectivity index is 3.02. The number of Topliss-reactive ketones (excluding diaryl/α,β-unsaturated/α-hetero) is 1. The van der Waals surface area contributed by atoms with E-state index in [4.69, 9.17) is 16.3 Å². The molecule has 0 aromatic heterocycles. The van der Waals surface area contributed by atoms with Crippen molar-refractivity contribution < 1.29 is 9.53 Å². The highest BCUT2D eigenvalue weighted by molar-refractivity contribution is 14.1. The molecule has 2 nitrogen and oxygen atoms in total. The molecule has 0 spiro atoms. The van der Waals surface area contributed by atoms with E-state index in [0.29, 0.717) is 5.56 Å². The van der Waals surface area contributed by atoms with Gasteiger partial charge in [-0.15, -0.1) is 11.6 Å². The van der Waals surface area contributed by atoms with Gasteiger partial charge in [0.15, 0.2) is 5.78 Å². The molecule has 0 amide bonds.